The third-order valence-electron chi connectivity index (χ3n) is 3.74. The highest BCUT2D eigenvalue weighted by Gasteiger charge is 2.29. The van der Waals surface area contributed by atoms with E-state index >= 15 is 0 Å². The van der Waals surface area contributed by atoms with Crippen molar-refractivity contribution in [3.8, 4) is 5.75 Å². The summed E-state index contributed by atoms with van der Waals surface area (Å²) in [4.78, 5) is 12.2. The largest absolute Gasteiger partial charge is 0.507 e. The fourth-order valence-corrected chi connectivity index (χ4v) is 3.14. The summed E-state index contributed by atoms with van der Waals surface area (Å²) in [5.74, 6) is -0.169. The molecule has 0 aliphatic heterocycles. The Morgan fingerprint density at radius 1 is 1.47 bits per heavy atom. The Labute approximate surface area is 122 Å². The van der Waals surface area contributed by atoms with E-state index in [1.807, 2.05) is 0 Å². The SMILES string of the molecule is CC1(C)CCCC(NC(=O)c2cc(Br)ccc2O)C1. The zero-order valence-electron chi connectivity index (χ0n) is 11.4. The predicted molar refractivity (Wildman–Crippen MR) is 79.3 cm³/mol. The van der Waals surface area contributed by atoms with E-state index in [-0.39, 0.29) is 23.1 Å². The van der Waals surface area contributed by atoms with Crippen LogP contribution in [0.25, 0.3) is 0 Å². The lowest BCUT2D eigenvalue weighted by molar-refractivity contribution is 0.0900. The second-order valence-electron chi connectivity index (χ2n) is 6.09. The molecule has 19 heavy (non-hydrogen) atoms. The van der Waals surface area contributed by atoms with Gasteiger partial charge in [0.2, 0.25) is 0 Å². The van der Waals surface area contributed by atoms with Crippen LogP contribution in [0.1, 0.15) is 49.9 Å². The number of hydrogen-bond acceptors (Lipinski definition) is 2. The summed E-state index contributed by atoms with van der Waals surface area (Å²) in [6, 6.07) is 5.10. The second kappa shape index (κ2) is 5.53. The molecule has 4 heteroatoms. The Balaban J connectivity index is 2.06. The number of carbonyl (C=O) groups is 1. The first-order chi connectivity index (χ1) is 8.87. The zero-order chi connectivity index (χ0) is 14.0. The van der Waals surface area contributed by atoms with Gasteiger partial charge in [0.1, 0.15) is 5.75 Å². The Kier molecular flexibility index (Phi) is 4.19. The van der Waals surface area contributed by atoms with E-state index in [1.54, 1.807) is 12.1 Å². The summed E-state index contributed by atoms with van der Waals surface area (Å²) in [6.07, 6.45) is 4.36. The van der Waals surface area contributed by atoms with E-state index < -0.39 is 0 Å². The van der Waals surface area contributed by atoms with Gasteiger partial charge in [0, 0.05) is 10.5 Å². The van der Waals surface area contributed by atoms with E-state index in [1.165, 1.54) is 12.5 Å². The molecule has 2 N–H and O–H groups in total. The molecule has 1 aromatic carbocycles. The van der Waals surface area contributed by atoms with Crippen LogP contribution < -0.4 is 5.32 Å². The van der Waals surface area contributed by atoms with Crippen LogP contribution in [0.15, 0.2) is 22.7 Å². The van der Waals surface area contributed by atoms with Crippen molar-refractivity contribution in [2.24, 2.45) is 5.41 Å². The van der Waals surface area contributed by atoms with E-state index in [4.69, 9.17) is 0 Å². The summed E-state index contributed by atoms with van der Waals surface area (Å²) < 4.78 is 0.791. The molecule has 0 spiro atoms. The molecule has 2 rings (SSSR count). The van der Waals surface area contributed by atoms with E-state index in [2.05, 4.69) is 35.1 Å². The molecule has 1 aromatic rings. The molecule has 0 bridgehead atoms. The number of rotatable bonds is 2. The maximum absolute atomic E-state index is 12.2. The first kappa shape index (κ1) is 14.4. The van der Waals surface area contributed by atoms with Gasteiger partial charge in [0.05, 0.1) is 5.56 Å². The van der Waals surface area contributed by atoms with Crippen LogP contribution in [0.5, 0.6) is 5.75 Å². The second-order valence-corrected chi connectivity index (χ2v) is 7.01. The Hall–Kier alpha value is -1.03. The highest BCUT2D eigenvalue weighted by molar-refractivity contribution is 9.10. The molecular weight excluding hydrogens is 306 g/mol. The van der Waals surface area contributed by atoms with Crippen molar-refractivity contribution in [1.29, 1.82) is 0 Å². The van der Waals surface area contributed by atoms with Gasteiger partial charge >= 0.3 is 0 Å². The average molecular weight is 326 g/mol. The van der Waals surface area contributed by atoms with Gasteiger partial charge in [-0.1, -0.05) is 36.2 Å². The Bertz CT molecular complexity index is 485. The summed E-state index contributed by atoms with van der Waals surface area (Å²) in [7, 11) is 0. The lowest BCUT2D eigenvalue weighted by Crippen LogP contribution is -2.40. The average Bonchev–Trinajstić information content (AvgIpc) is 2.31. The van der Waals surface area contributed by atoms with Crippen LogP contribution in [0.2, 0.25) is 0 Å². The minimum Gasteiger partial charge on any atom is -0.507 e. The molecule has 1 fully saturated rings. The van der Waals surface area contributed by atoms with Crippen molar-refractivity contribution in [2.75, 3.05) is 0 Å². The summed E-state index contributed by atoms with van der Waals surface area (Å²) in [5.41, 5.74) is 0.618. The first-order valence-electron chi connectivity index (χ1n) is 6.67. The van der Waals surface area contributed by atoms with Crippen molar-refractivity contribution in [3.05, 3.63) is 28.2 Å². The van der Waals surface area contributed by atoms with Crippen LogP contribution in [0.4, 0.5) is 0 Å². The van der Waals surface area contributed by atoms with E-state index in [0.717, 1.165) is 23.7 Å². The molecule has 0 saturated heterocycles. The first-order valence-corrected chi connectivity index (χ1v) is 7.46. The van der Waals surface area contributed by atoms with Crippen LogP contribution in [-0.4, -0.2) is 17.1 Å². The topological polar surface area (TPSA) is 49.3 Å². The number of nitrogens with one attached hydrogen (secondary N) is 1. The number of phenolic OH excluding ortho intramolecular Hbond substituents is 1. The van der Waals surface area contributed by atoms with Gasteiger partial charge in [-0.05, 0) is 42.9 Å². The van der Waals surface area contributed by atoms with Crippen molar-refractivity contribution in [1.82, 2.24) is 5.32 Å². The quantitative estimate of drug-likeness (QED) is 0.867. The van der Waals surface area contributed by atoms with Crippen LogP contribution >= 0.6 is 15.9 Å². The molecule has 104 valence electrons. The molecule has 3 nitrogen and oxygen atoms in total. The fraction of sp³-hybridized carbons (Fsp3) is 0.533. The number of phenols is 1. The Morgan fingerprint density at radius 3 is 2.89 bits per heavy atom. The molecule has 1 unspecified atom stereocenters. The normalized spacial score (nSPS) is 21.9. The minimum atomic E-state index is -0.193. The van der Waals surface area contributed by atoms with Crippen molar-refractivity contribution in [3.63, 3.8) is 0 Å². The monoisotopic (exact) mass is 325 g/mol. The molecular formula is C15H20BrNO2. The van der Waals surface area contributed by atoms with Crippen LogP contribution in [0, 0.1) is 5.41 Å². The van der Waals surface area contributed by atoms with Gasteiger partial charge in [-0.15, -0.1) is 0 Å². The fourth-order valence-electron chi connectivity index (χ4n) is 2.77. The highest BCUT2D eigenvalue weighted by atomic mass is 79.9. The van der Waals surface area contributed by atoms with Crippen LogP contribution in [-0.2, 0) is 0 Å². The molecule has 0 aromatic heterocycles. The van der Waals surface area contributed by atoms with Gasteiger partial charge in [0.25, 0.3) is 5.91 Å². The van der Waals surface area contributed by atoms with Gasteiger partial charge in [0.15, 0.2) is 0 Å². The summed E-state index contributed by atoms with van der Waals surface area (Å²) in [6.45, 7) is 4.48. The smallest absolute Gasteiger partial charge is 0.255 e. The van der Waals surface area contributed by atoms with Gasteiger partial charge < -0.3 is 10.4 Å². The number of halogens is 1. The van der Waals surface area contributed by atoms with Crippen molar-refractivity contribution < 1.29 is 9.90 Å². The molecule has 0 heterocycles. The summed E-state index contributed by atoms with van der Waals surface area (Å²) >= 11 is 3.32. The standard InChI is InChI=1S/C15H20BrNO2/c1-15(2)7-3-4-11(9-15)17-14(19)12-8-10(16)5-6-13(12)18/h5-6,8,11,18H,3-4,7,9H2,1-2H3,(H,17,19). The third kappa shape index (κ3) is 3.72. The third-order valence-corrected chi connectivity index (χ3v) is 4.24. The molecule has 1 saturated carbocycles. The van der Waals surface area contributed by atoms with Gasteiger partial charge in [-0.25, -0.2) is 0 Å². The van der Waals surface area contributed by atoms with Crippen molar-refractivity contribution >= 4 is 21.8 Å². The van der Waals surface area contributed by atoms with Gasteiger partial charge in [-0.3, -0.25) is 4.79 Å². The molecule has 1 amide bonds. The molecule has 1 aliphatic rings. The van der Waals surface area contributed by atoms with E-state index in [0.29, 0.717) is 5.56 Å². The predicted octanol–water partition coefficient (Wildman–Crippen LogP) is 3.85. The molecule has 1 aliphatic carbocycles. The Morgan fingerprint density at radius 2 is 2.21 bits per heavy atom. The van der Waals surface area contributed by atoms with Crippen molar-refractivity contribution in [2.45, 2.75) is 45.6 Å². The highest BCUT2D eigenvalue weighted by Crippen LogP contribution is 2.35. The summed E-state index contributed by atoms with van der Waals surface area (Å²) in [5, 5.41) is 12.8. The maximum Gasteiger partial charge on any atom is 0.255 e. The number of aromatic hydroxyl groups is 1. The lowest BCUT2D eigenvalue weighted by Gasteiger charge is -2.35. The number of amides is 1. The number of carbonyl (C=O) groups excluding carboxylic acids is 1. The number of benzene rings is 1. The zero-order valence-corrected chi connectivity index (χ0v) is 13.0. The number of hydrogen-bond donors (Lipinski definition) is 2. The minimum absolute atomic E-state index is 0.0239. The van der Waals surface area contributed by atoms with E-state index in [9.17, 15) is 9.90 Å². The lowest BCUT2D eigenvalue weighted by atomic mass is 9.75. The van der Waals surface area contributed by atoms with Gasteiger partial charge in [-0.2, -0.15) is 0 Å². The van der Waals surface area contributed by atoms with Crippen LogP contribution in [0.3, 0.4) is 0 Å². The maximum atomic E-state index is 12.2. The molecule has 1 atom stereocenters. The molecule has 0 radical (unpaired) electrons.